The highest BCUT2D eigenvalue weighted by atomic mass is 16.5. The molecular weight excluding hydrogens is 312 g/mol. The standard InChI is InChI=1S/C21H32N2O2/c1-18-3-2-4-19(13-18)14-22-9-12-25-17-21(15-22)7-8-23(16-21)20-5-10-24-11-6-20/h2-4,13,20H,5-12,14-17H2,1H3/t21-/m0/s1. The number of aryl methyl sites for hydroxylation is 1. The fourth-order valence-corrected chi connectivity index (χ4v) is 4.86. The van der Waals surface area contributed by atoms with Crippen LogP contribution in [0.1, 0.15) is 30.4 Å². The van der Waals surface area contributed by atoms with Crippen molar-refractivity contribution in [1.29, 1.82) is 0 Å². The number of hydrogen-bond acceptors (Lipinski definition) is 4. The maximum atomic E-state index is 6.07. The molecule has 25 heavy (non-hydrogen) atoms. The quantitative estimate of drug-likeness (QED) is 0.842. The second kappa shape index (κ2) is 7.75. The third kappa shape index (κ3) is 4.25. The van der Waals surface area contributed by atoms with E-state index < -0.39 is 0 Å². The number of ether oxygens (including phenoxy) is 2. The van der Waals surface area contributed by atoms with Gasteiger partial charge in [-0.2, -0.15) is 0 Å². The van der Waals surface area contributed by atoms with Gasteiger partial charge in [-0.15, -0.1) is 0 Å². The van der Waals surface area contributed by atoms with E-state index in [-0.39, 0.29) is 0 Å². The second-order valence-corrected chi connectivity index (χ2v) is 8.32. The van der Waals surface area contributed by atoms with Crippen LogP contribution < -0.4 is 0 Å². The molecule has 0 radical (unpaired) electrons. The molecule has 0 unspecified atom stereocenters. The molecule has 0 aliphatic carbocycles. The molecule has 1 atom stereocenters. The van der Waals surface area contributed by atoms with Crippen LogP contribution in [0.3, 0.4) is 0 Å². The van der Waals surface area contributed by atoms with Gasteiger partial charge in [0.15, 0.2) is 0 Å². The summed E-state index contributed by atoms with van der Waals surface area (Å²) in [6.07, 6.45) is 3.67. The van der Waals surface area contributed by atoms with Gasteiger partial charge in [-0.1, -0.05) is 29.8 Å². The van der Waals surface area contributed by atoms with E-state index in [9.17, 15) is 0 Å². The first-order valence-electron chi connectivity index (χ1n) is 9.90. The molecule has 3 fully saturated rings. The van der Waals surface area contributed by atoms with Gasteiger partial charge in [-0.25, -0.2) is 0 Å². The van der Waals surface area contributed by atoms with Crippen LogP contribution in [-0.2, 0) is 16.0 Å². The number of benzene rings is 1. The Morgan fingerprint density at radius 2 is 1.96 bits per heavy atom. The summed E-state index contributed by atoms with van der Waals surface area (Å²) in [4.78, 5) is 5.34. The number of nitrogens with zero attached hydrogens (tertiary/aromatic N) is 2. The topological polar surface area (TPSA) is 24.9 Å². The van der Waals surface area contributed by atoms with Gasteiger partial charge in [-0.05, 0) is 38.3 Å². The molecule has 1 aromatic rings. The average Bonchev–Trinajstić information content (AvgIpc) is 2.93. The van der Waals surface area contributed by atoms with Crippen molar-refractivity contribution in [3.05, 3.63) is 35.4 Å². The molecule has 0 amide bonds. The smallest absolute Gasteiger partial charge is 0.0593 e. The molecule has 0 bridgehead atoms. The molecule has 4 rings (SSSR count). The first kappa shape index (κ1) is 17.5. The van der Waals surface area contributed by atoms with Gasteiger partial charge in [-0.3, -0.25) is 9.80 Å². The van der Waals surface area contributed by atoms with E-state index in [0.29, 0.717) is 5.41 Å². The van der Waals surface area contributed by atoms with E-state index in [0.717, 1.165) is 45.6 Å². The van der Waals surface area contributed by atoms with Gasteiger partial charge in [0.25, 0.3) is 0 Å². The van der Waals surface area contributed by atoms with E-state index in [1.807, 2.05) is 0 Å². The van der Waals surface area contributed by atoms with Crippen molar-refractivity contribution in [2.45, 2.75) is 38.8 Å². The Labute approximate surface area is 152 Å². The van der Waals surface area contributed by atoms with Crippen molar-refractivity contribution >= 4 is 0 Å². The zero-order valence-electron chi connectivity index (χ0n) is 15.6. The minimum absolute atomic E-state index is 0.318. The molecule has 0 saturated carbocycles. The summed E-state index contributed by atoms with van der Waals surface area (Å²) in [7, 11) is 0. The lowest BCUT2D eigenvalue weighted by Gasteiger charge is -2.35. The average molecular weight is 344 g/mol. The zero-order valence-corrected chi connectivity index (χ0v) is 15.6. The van der Waals surface area contributed by atoms with Crippen molar-refractivity contribution in [1.82, 2.24) is 9.80 Å². The molecule has 3 heterocycles. The fraction of sp³-hybridized carbons (Fsp3) is 0.714. The molecular formula is C21H32N2O2. The van der Waals surface area contributed by atoms with Crippen LogP contribution in [0.25, 0.3) is 0 Å². The monoisotopic (exact) mass is 344 g/mol. The van der Waals surface area contributed by atoms with Crippen LogP contribution in [0, 0.1) is 12.3 Å². The molecule has 0 N–H and O–H groups in total. The van der Waals surface area contributed by atoms with Gasteiger partial charge >= 0.3 is 0 Å². The molecule has 4 heteroatoms. The van der Waals surface area contributed by atoms with Crippen LogP contribution in [-0.4, -0.2) is 68.4 Å². The number of hydrogen-bond donors (Lipinski definition) is 0. The number of rotatable bonds is 3. The summed E-state index contributed by atoms with van der Waals surface area (Å²) >= 11 is 0. The third-order valence-electron chi connectivity index (χ3n) is 6.18. The predicted molar refractivity (Wildman–Crippen MR) is 99.7 cm³/mol. The zero-order chi connectivity index (χ0) is 17.1. The van der Waals surface area contributed by atoms with Crippen molar-refractivity contribution in [2.24, 2.45) is 5.41 Å². The van der Waals surface area contributed by atoms with E-state index in [1.54, 1.807) is 0 Å². The minimum atomic E-state index is 0.318. The first-order valence-corrected chi connectivity index (χ1v) is 9.90. The van der Waals surface area contributed by atoms with Crippen molar-refractivity contribution < 1.29 is 9.47 Å². The third-order valence-corrected chi connectivity index (χ3v) is 6.18. The lowest BCUT2D eigenvalue weighted by molar-refractivity contribution is 0.0284. The van der Waals surface area contributed by atoms with Crippen LogP contribution in [0.15, 0.2) is 24.3 Å². The highest BCUT2D eigenvalue weighted by Crippen LogP contribution is 2.36. The summed E-state index contributed by atoms with van der Waals surface area (Å²) in [5.41, 5.74) is 3.10. The lowest BCUT2D eigenvalue weighted by atomic mass is 9.87. The molecule has 1 spiro atoms. The first-order chi connectivity index (χ1) is 12.2. The van der Waals surface area contributed by atoms with E-state index in [4.69, 9.17) is 9.47 Å². The Morgan fingerprint density at radius 3 is 2.80 bits per heavy atom. The molecule has 3 saturated heterocycles. The molecule has 3 aliphatic heterocycles. The van der Waals surface area contributed by atoms with Crippen LogP contribution in [0.2, 0.25) is 0 Å². The lowest BCUT2D eigenvalue weighted by Crippen LogP contribution is -2.43. The van der Waals surface area contributed by atoms with E-state index >= 15 is 0 Å². The fourth-order valence-electron chi connectivity index (χ4n) is 4.86. The Balaban J connectivity index is 1.41. The SMILES string of the molecule is Cc1cccc(CN2CCOC[C@@]3(CCN(C4CCOCC4)C3)C2)c1. The van der Waals surface area contributed by atoms with Gasteiger partial charge < -0.3 is 9.47 Å². The van der Waals surface area contributed by atoms with Crippen LogP contribution in [0.4, 0.5) is 0 Å². The highest BCUT2D eigenvalue weighted by Gasteiger charge is 2.43. The summed E-state index contributed by atoms with van der Waals surface area (Å²) in [6, 6.07) is 9.66. The summed E-state index contributed by atoms with van der Waals surface area (Å²) in [5, 5.41) is 0. The van der Waals surface area contributed by atoms with Gasteiger partial charge in [0, 0.05) is 50.8 Å². The van der Waals surface area contributed by atoms with Crippen molar-refractivity contribution in [2.75, 3.05) is 52.6 Å². The molecule has 4 nitrogen and oxygen atoms in total. The predicted octanol–water partition coefficient (Wildman–Crippen LogP) is 2.70. The normalized spacial score (nSPS) is 30.0. The Morgan fingerprint density at radius 1 is 1.08 bits per heavy atom. The van der Waals surface area contributed by atoms with Crippen LogP contribution in [0.5, 0.6) is 0 Å². The molecule has 0 aromatic heterocycles. The Hall–Kier alpha value is -0.940. The van der Waals surface area contributed by atoms with Crippen molar-refractivity contribution in [3.8, 4) is 0 Å². The Kier molecular flexibility index (Phi) is 5.41. The van der Waals surface area contributed by atoms with E-state index in [1.165, 1.54) is 50.0 Å². The summed E-state index contributed by atoms with van der Waals surface area (Å²) < 4.78 is 11.6. The Bertz CT molecular complexity index is 573. The minimum Gasteiger partial charge on any atom is -0.381 e. The largest absolute Gasteiger partial charge is 0.381 e. The second-order valence-electron chi connectivity index (χ2n) is 8.32. The maximum absolute atomic E-state index is 6.07. The maximum Gasteiger partial charge on any atom is 0.0593 e. The summed E-state index contributed by atoms with van der Waals surface area (Å²) in [5.74, 6) is 0. The number of likely N-dealkylation sites (tertiary alicyclic amines) is 1. The van der Waals surface area contributed by atoms with Crippen LogP contribution >= 0.6 is 0 Å². The molecule has 138 valence electrons. The molecule has 3 aliphatic rings. The van der Waals surface area contributed by atoms with Gasteiger partial charge in [0.05, 0.1) is 13.2 Å². The highest BCUT2D eigenvalue weighted by molar-refractivity contribution is 5.22. The molecule has 1 aromatic carbocycles. The van der Waals surface area contributed by atoms with Gasteiger partial charge in [0.1, 0.15) is 0 Å². The summed E-state index contributed by atoms with van der Waals surface area (Å²) in [6.45, 7) is 11.5. The van der Waals surface area contributed by atoms with Crippen molar-refractivity contribution in [3.63, 3.8) is 0 Å². The van der Waals surface area contributed by atoms with Gasteiger partial charge in [0.2, 0.25) is 0 Å². The van der Waals surface area contributed by atoms with E-state index in [2.05, 4.69) is 41.0 Å².